The molecule has 0 unspecified atom stereocenters. The molecule has 0 atom stereocenters. The molecule has 0 heterocycles. The molecule has 0 radical (unpaired) electrons. The van der Waals surface area contributed by atoms with Crippen molar-refractivity contribution in [1.29, 1.82) is 0 Å². The van der Waals surface area contributed by atoms with E-state index in [1.54, 1.807) is 0 Å². The second-order valence-electron chi connectivity index (χ2n) is 4.78. The van der Waals surface area contributed by atoms with E-state index in [2.05, 4.69) is 36.1 Å². The Kier molecular flexibility index (Phi) is 4.46. The first kappa shape index (κ1) is 13.9. The van der Waals surface area contributed by atoms with Crippen LogP contribution in [0.2, 0.25) is 5.02 Å². The van der Waals surface area contributed by atoms with Crippen LogP contribution in [0.25, 0.3) is 0 Å². The molecule has 0 saturated heterocycles. The average molecular weight is 276 g/mol. The summed E-state index contributed by atoms with van der Waals surface area (Å²) in [7, 11) is 2.02. The zero-order chi connectivity index (χ0) is 13.8. The molecule has 2 aromatic rings. The zero-order valence-corrected chi connectivity index (χ0v) is 12.0. The third-order valence-electron chi connectivity index (χ3n) is 3.13. The van der Waals surface area contributed by atoms with Crippen LogP contribution in [-0.2, 0) is 13.2 Å². The van der Waals surface area contributed by atoms with Gasteiger partial charge in [-0.2, -0.15) is 0 Å². The third-order valence-corrected chi connectivity index (χ3v) is 3.36. The monoisotopic (exact) mass is 275 g/mol. The summed E-state index contributed by atoms with van der Waals surface area (Å²) in [6.45, 7) is 2.88. The summed E-state index contributed by atoms with van der Waals surface area (Å²) >= 11 is 5.95. The molecule has 0 amide bonds. The molecule has 2 nitrogen and oxygen atoms in total. The summed E-state index contributed by atoms with van der Waals surface area (Å²) in [4.78, 5) is 2.12. The SMILES string of the molecule is Cc1cccc(CN(C)c2ccc(Cl)cc2CO)c1. The minimum Gasteiger partial charge on any atom is -0.392 e. The van der Waals surface area contributed by atoms with Crippen LogP contribution in [0.1, 0.15) is 16.7 Å². The van der Waals surface area contributed by atoms with Gasteiger partial charge in [0.25, 0.3) is 0 Å². The molecule has 0 aromatic heterocycles. The van der Waals surface area contributed by atoms with Gasteiger partial charge in [-0.3, -0.25) is 0 Å². The van der Waals surface area contributed by atoms with E-state index >= 15 is 0 Å². The second kappa shape index (κ2) is 6.09. The summed E-state index contributed by atoms with van der Waals surface area (Å²) in [5.41, 5.74) is 4.36. The van der Waals surface area contributed by atoms with Crippen LogP contribution in [0.4, 0.5) is 5.69 Å². The van der Waals surface area contributed by atoms with Crippen LogP contribution in [0.3, 0.4) is 0 Å². The highest BCUT2D eigenvalue weighted by Gasteiger charge is 2.08. The lowest BCUT2D eigenvalue weighted by molar-refractivity contribution is 0.282. The Labute approximate surface area is 119 Å². The number of nitrogens with zero attached hydrogens (tertiary/aromatic N) is 1. The molecule has 0 bridgehead atoms. The minimum absolute atomic E-state index is 0.00590. The van der Waals surface area contributed by atoms with Crippen molar-refractivity contribution in [3.8, 4) is 0 Å². The van der Waals surface area contributed by atoms with Gasteiger partial charge in [0.2, 0.25) is 0 Å². The van der Waals surface area contributed by atoms with Crippen molar-refractivity contribution >= 4 is 17.3 Å². The van der Waals surface area contributed by atoms with E-state index in [1.807, 2.05) is 25.2 Å². The third kappa shape index (κ3) is 3.49. The molecule has 19 heavy (non-hydrogen) atoms. The van der Waals surface area contributed by atoms with Gasteiger partial charge in [0.05, 0.1) is 6.61 Å². The first-order valence-electron chi connectivity index (χ1n) is 6.26. The maximum Gasteiger partial charge on any atom is 0.0702 e. The normalized spacial score (nSPS) is 10.5. The van der Waals surface area contributed by atoms with Crippen molar-refractivity contribution in [3.05, 3.63) is 64.2 Å². The highest BCUT2D eigenvalue weighted by molar-refractivity contribution is 6.30. The summed E-state index contributed by atoms with van der Waals surface area (Å²) < 4.78 is 0. The topological polar surface area (TPSA) is 23.5 Å². The Bertz CT molecular complexity index is 568. The molecular formula is C16H18ClNO. The predicted octanol–water partition coefficient (Wildman–Crippen LogP) is 3.78. The van der Waals surface area contributed by atoms with E-state index in [-0.39, 0.29) is 6.61 Å². The number of benzene rings is 2. The highest BCUT2D eigenvalue weighted by atomic mass is 35.5. The highest BCUT2D eigenvalue weighted by Crippen LogP contribution is 2.25. The standard InChI is InChI=1S/C16H18ClNO/c1-12-4-3-5-13(8-12)10-18(2)16-7-6-15(17)9-14(16)11-19/h3-9,19H,10-11H2,1-2H3. The smallest absolute Gasteiger partial charge is 0.0702 e. The van der Waals surface area contributed by atoms with Gasteiger partial charge in [0.1, 0.15) is 0 Å². The van der Waals surface area contributed by atoms with E-state index in [4.69, 9.17) is 11.6 Å². The Hall–Kier alpha value is -1.51. The van der Waals surface area contributed by atoms with E-state index in [0.29, 0.717) is 5.02 Å². The zero-order valence-electron chi connectivity index (χ0n) is 11.2. The summed E-state index contributed by atoms with van der Waals surface area (Å²) in [5, 5.41) is 10.1. The van der Waals surface area contributed by atoms with E-state index in [1.165, 1.54) is 11.1 Å². The first-order valence-corrected chi connectivity index (χ1v) is 6.64. The molecule has 0 aliphatic carbocycles. The van der Waals surface area contributed by atoms with Crippen LogP contribution in [0, 0.1) is 6.92 Å². The van der Waals surface area contributed by atoms with Gasteiger partial charge in [0, 0.05) is 29.9 Å². The van der Waals surface area contributed by atoms with Gasteiger partial charge < -0.3 is 10.0 Å². The lowest BCUT2D eigenvalue weighted by Crippen LogP contribution is -2.18. The molecule has 0 aliphatic rings. The fourth-order valence-electron chi connectivity index (χ4n) is 2.22. The Balaban J connectivity index is 2.22. The Morgan fingerprint density at radius 1 is 1.16 bits per heavy atom. The maximum absolute atomic E-state index is 9.42. The lowest BCUT2D eigenvalue weighted by Gasteiger charge is -2.22. The number of aryl methyl sites for hydroxylation is 1. The molecule has 2 aromatic carbocycles. The number of hydrogen-bond donors (Lipinski definition) is 1. The number of hydrogen-bond acceptors (Lipinski definition) is 2. The van der Waals surface area contributed by atoms with Gasteiger partial charge in [0.15, 0.2) is 0 Å². The number of anilines is 1. The molecule has 1 N–H and O–H groups in total. The van der Waals surface area contributed by atoms with Crippen LogP contribution >= 0.6 is 11.6 Å². The lowest BCUT2D eigenvalue weighted by atomic mass is 10.1. The van der Waals surface area contributed by atoms with Gasteiger partial charge in [-0.15, -0.1) is 0 Å². The number of aliphatic hydroxyl groups is 1. The molecule has 0 saturated carbocycles. The van der Waals surface area contributed by atoms with Crippen molar-refractivity contribution < 1.29 is 5.11 Å². The van der Waals surface area contributed by atoms with Crippen molar-refractivity contribution in [2.45, 2.75) is 20.1 Å². The van der Waals surface area contributed by atoms with Crippen LogP contribution in [0.5, 0.6) is 0 Å². The van der Waals surface area contributed by atoms with Crippen molar-refractivity contribution in [3.63, 3.8) is 0 Å². The largest absolute Gasteiger partial charge is 0.392 e. The quantitative estimate of drug-likeness (QED) is 0.918. The molecule has 100 valence electrons. The van der Waals surface area contributed by atoms with Gasteiger partial charge in [-0.05, 0) is 30.7 Å². The van der Waals surface area contributed by atoms with Gasteiger partial charge in [-0.1, -0.05) is 41.4 Å². The van der Waals surface area contributed by atoms with Gasteiger partial charge in [-0.25, -0.2) is 0 Å². The van der Waals surface area contributed by atoms with E-state index in [0.717, 1.165) is 17.8 Å². The van der Waals surface area contributed by atoms with E-state index in [9.17, 15) is 5.11 Å². The fourth-order valence-corrected chi connectivity index (χ4v) is 2.42. The Morgan fingerprint density at radius 2 is 1.95 bits per heavy atom. The average Bonchev–Trinajstić information content (AvgIpc) is 2.38. The van der Waals surface area contributed by atoms with Gasteiger partial charge >= 0.3 is 0 Å². The number of rotatable bonds is 4. The van der Waals surface area contributed by atoms with Crippen molar-refractivity contribution in [2.24, 2.45) is 0 Å². The molecule has 0 fully saturated rings. The minimum atomic E-state index is -0.00590. The second-order valence-corrected chi connectivity index (χ2v) is 5.21. The first-order chi connectivity index (χ1) is 9.10. The number of aliphatic hydroxyl groups excluding tert-OH is 1. The molecule has 2 rings (SSSR count). The molecule has 3 heteroatoms. The van der Waals surface area contributed by atoms with Crippen molar-refractivity contribution in [1.82, 2.24) is 0 Å². The summed E-state index contributed by atoms with van der Waals surface area (Å²) in [6, 6.07) is 14.0. The number of halogens is 1. The summed E-state index contributed by atoms with van der Waals surface area (Å²) in [6.07, 6.45) is 0. The van der Waals surface area contributed by atoms with Crippen LogP contribution in [-0.4, -0.2) is 12.2 Å². The van der Waals surface area contributed by atoms with Crippen LogP contribution < -0.4 is 4.90 Å². The maximum atomic E-state index is 9.42. The fraction of sp³-hybridized carbons (Fsp3) is 0.250. The Morgan fingerprint density at radius 3 is 2.63 bits per heavy atom. The van der Waals surface area contributed by atoms with E-state index < -0.39 is 0 Å². The summed E-state index contributed by atoms with van der Waals surface area (Å²) in [5.74, 6) is 0. The molecular weight excluding hydrogens is 258 g/mol. The van der Waals surface area contributed by atoms with Crippen molar-refractivity contribution in [2.75, 3.05) is 11.9 Å². The molecule has 0 spiro atoms. The molecule has 0 aliphatic heterocycles. The van der Waals surface area contributed by atoms with Crippen LogP contribution in [0.15, 0.2) is 42.5 Å². The predicted molar refractivity (Wildman–Crippen MR) is 80.7 cm³/mol.